The molecular formula is C20H19N3O2. The molecule has 0 bridgehead atoms. The highest BCUT2D eigenvalue weighted by molar-refractivity contribution is 6.05. The van der Waals surface area contributed by atoms with E-state index in [1.807, 2.05) is 67.1 Å². The van der Waals surface area contributed by atoms with Gasteiger partial charge in [0.2, 0.25) is 0 Å². The molecule has 5 nitrogen and oxygen atoms in total. The fourth-order valence-electron chi connectivity index (χ4n) is 3.52. The molecule has 0 saturated carbocycles. The highest BCUT2D eigenvalue weighted by Crippen LogP contribution is 2.25. The van der Waals surface area contributed by atoms with Crippen LogP contribution in [0.1, 0.15) is 11.1 Å². The predicted molar refractivity (Wildman–Crippen MR) is 100 cm³/mol. The summed E-state index contributed by atoms with van der Waals surface area (Å²) in [5.41, 5.74) is 3.68. The lowest BCUT2D eigenvalue weighted by molar-refractivity contribution is 0.657. The molecule has 4 rings (SSSR count). The van der Waals surface area contributed by atoms with Crippen LogP contribution in [0.5, 0.6) is 0 Å². The molecule has 0 spiro atoms. The Bertz CT molecular complexity index is 1230. The van der Waals surface area contributed by atoms with Crippen molar-refractivity contribution in [1.29, 1.82) is 0 Å². The standard InChI is InChI=1S/C20H19N3O2/c1-13-9-10-16-15(11-13)17-18(21(16)2)19(24)23(20(25)22(17)3)12-14-7-5-4-6-8-14/h4-11H,12H2,1-3H3. The van der Waals surface area contributed by atoms with Gasteiger partial charge in [0.15, 0.2) is 0 Å². The van der Waals surface area contributed by atoms with Crippen molar-refractivity contribution in [3.05, 3.63) is 80.5 Å². The molecule has 2 aromatic heterocycles. The second-order valence-electron chi connectivity index (χ2n) is 6.50. The van der Waals surface area contributed by atoms with Crippen LogP contribution >= 0.6 is 0 Å². The Labute approximate surface area is 144 Å². The lowest BCUT2D eigenvalue weighted by Gasteiger charge is -2.09. The average molecular weight is 333 g/mol. The predicted octanol–water partition coefficient (Wildman–Crippen LogP) is 2.55. The maximum absolute atomic E-state index is 13.1. The lowest BCUT2D eigenvalue weighted by Crippen LogP contribution is -2.39. The second-order valence-corrected chi connectivity index (χ2v) is 6.50. The average Bonchev–Trinajstić information content (AvgIpc) is 2.90. The molecule has 2 aromatic carbocycles. The summed E-state index contributed by atoms with van der Waals surface area (Å²) in [5.74, 6) is 0. The monoisotopic (exact) mass is 333 g/mol. The highest BCUT2D eigenvalue weighted by Gasteiger charge is 2.18. The maximum Gasteiger partial charge on any atom is 0.331 e. The zero-order valence-electron chi connectivity index (χ0n) is 14.5. The first-order chi connectivity index (χ1) is 12.0. The van der Waals surface area contributed by atoms with Crippen LogP contribution in [0.4, 0.5) is 0 Å². The summed E-state index contributed by atoms with van der Waals surface area (Å²) >= 11 is 0. The van der Waals surface area contributed by atoms with Crippen LogP contribution in [0.2, 0.25) is 0 Å². The molecule has 0 unspecified atom stereocenters. The third-order valence-electron chi connectivity index (χ3n) is 4.81. The van der Waals surface area contributed by atoms with Crippen molar-refractivity contribution >= 4 is 21.9 Å². The summed E-state index contributed by atoms with van der Waals surface area (Å²) in [6.07, 6.45) is 0. The van der Waals surface area contributed by atoms with E-state index in [9.17, 15) is 9.59 Å². The van der Waals surface area contributed by atoms with E-state index in [2.05, 4.69) is 0 Å². The van der Waals surface area contributed by atoms with Crippen molar-refractivity contribution in [1.82, 2.24) is 13.7 Å². The minimum absolute atomic E-state index is 0.252. The summed E-state index contributed by atoms with van der Waals surface area (Å²) in [6, 6.07) is 15.6. The molecule has 4 aromatic rings. The van der Waals surface area contributed by atoms with E-state index < -0.39 is 0 Å². The van der Waals surface area contributed by atoms with Crippen molar-refractivity contribution in [2.24, 2.45) is 14.1 Å². The Morgan fingerprint density at radius 3 is 2.32 bits per heavy atom. The van der Waals surface area contributed by atoms with Crippen LogP contribution in [-0.4, -0.2) is 13.7 Å². The molecule has 0 atom stereocenters. The summed E-state index contributed by atoms with van der Waals surface area (Å²) in [4.78, 5) is 26.0. The Morgan fingerprint density at radius 2 is 1.60 bits per heavy atom. The van der Waals surface area contributed by atoms with Crippen molar-refractivity contribution in [2.75, 3.05) is 0 Å². The van der Waals surface area contributed by atoms with E-state index in [4.69, 9.17) is 0 Å². The number of fused-ring (bicyclic) bond motifs is 3. The van der Waals surface area contributed by atoms with Gasteiger partial charge in [-0.2, -0.15) is 0 Å². The van der Waals surface area contributed by atoms with Crippen molar-refractivity contribution in [3.8, 4) is 0 Å². The van der Waals surface area contributed by atoms with Crippen LogP contribution < -0.4 is 11.2 Å². The minimum atomic E-state index is -0.296. The molecule has 25 heavy (non-hydrogen) atoms. The molecule has 5 heteroatoms. The van der Waals surface area contributed by atoms with Crippen molar-refractivity contribution < 1.29 is 0 Å². The Balaban J connectivity index is 2.11. The Morgan fingerprint density at radius 1 is 0.880 bits per heavy atom. The van der Waals surface area contributed by atoms with Gasteiger partial charge in [-0.25, -0.2) is 4.79 Å². The summed E-state index contributed by atoms with van der Waals surface area (Å²) < 4.78 is 4.78. The Kier molecular flexibility index (Phi) is 3.39. The number of hydrogen-bond acceptors (Lipinski definition) is 2. The Hall–Kier alpha value is -3.08. The first kappa shape index (κ1) is 15.4. The third-order valence-corrected chi connectivity index (χ3v) is 4.81. The molecule has 0 amide bonds. The highest BCUT2D eigenvalue weighted by atomic mass is 16.2. The molecule has 0 fully saturated rings. The molecule has 0 aliphatic rings. The number of aromatic nitrogens is 3. The minimum Gasteiger partial charge on any atom is -0.338 e. The molecule has 0 aliphatic carbocycles. The summed E-state index contributed by atoms with van der Waals surface area (Å²) in [5, 5.41) is 0.932. The van der Waals surface area contributed by atoms with E-state index in [1.165, 1.54) is 4.57 Å². The summed E-state index contributed by atoms with van der Waals surface area (Å²) in [6.45, 7) is 2.27. The normalized spacial score (nSPS) is 11.5. The van der Waals surface area contributed by atoms with Crippen molar-refractivity contribution in [3.63, 3.8) is 0 Å². The van der Waals surface area contributed by atoms with Crippen LogP contribution in [-0.2, 0) is 20.6 Å². The molecular weight excluding hydrogens is 314 g/mol. The molecule has 126 valence electrons. The van der Waals surface area contributed by atoms with Gasteiger partial charge in [0, 0.05) is 19.5 Å². The number of nitrogens with zero attached hydrogens (tertiary/aromatic N) is 3. The van der Waals surface area contributed by atoms with E-state index >= 15 is 0 Å². The van der Waals surface area contributed by atoms with E-state index in [1.54, 1.807) is 11.6 Å². The quantitative estimate of drug-likeness (QED) is 0.566. The van der Waals surface area contributed by atoms with Gasteiger partial charge < -0.3 is 4.57 Å². The number of rotatable bonds is 2. The van der Waals surface area contributed by atoms with Gasteiger partial charge in [-0.1, -0.05) is 42.0 Å². The molecule has 0 aliphatic heterocycles. The van der Waals surface area contributed by atoms with Crippen LogP contribution in [0.25, 0.3) is 21.9 Å². The number of aryl methyl sites for hydroxylation is 3. The molecule has 0 N–H and O–H groups in total. The maximum atomic E-state index is 13.1. The van der Waals surface area contributed by atoms with E-state index in [0.717, 1.165) is 22.0 Å². The first-order valence-corrected chi connectivity index (χ1v) is 8.21. The molecule has 0 saturated heterocycles. The van der Waals surface area contributed by atoms with Gasteiger partial charge in [0.25, 0.3) is 5.56 Å². The third kappa shape index (κ3) is 2.23. The summed E-state index contributed by atoms with van der Waals surface area (Å²) in [7, 11) is 3.60. The zero-order valence-corrected chi connectivity index (χ0v) is 14.5. The van der Waals surface area contributed by atoms with E-state index in [-0.39, 0.29) is 17.8 Å². The number of benzene rings is 2. The van der Waals surface area contributed by atoms with Crippen LogP contribution in [0.3, 0.4) is 0 Å². The SMILES string of the molecule is Cc1ccc2c(c1)c1c(c(=O)n(Cc3ccccc3)c(=O)n1C)n2C. The van der Waals surface area contributed by atoms with Crippen LogP contribution in [0, 0.1) is 6.92 Å². The number of hydrogen-bond donors (Lipinski definition) is 0. The first-order valence-electron chi connectivity index (χ1n) is 8.21. The largest absolute Gasteiger partial charge is 0.338 e. The molecule has 2 heterocycles. The van der Waals surface area contributed by atoms with Gasteiger partial charge in [0.05, 0.1) is 17.6 Å². The topological polar surface area (TPSA) is 48.9 Å². The zero-order chi connectivity index (χ0) is 17.7. The second kappa shape index (κ2) is 5.48. The fraction of sp³-hybridized carbons (Fsp3) is 0.200. The van der Waals surface area contributed by atoms with Gasteiger partial charge in [-0.05, 0) is 24.6 Å². The van der Waals surface area contributed by atoms with Gasteiger partial charge in [-0.3, -0.25) is 13.9 Å². The van der Waals surface area contributed by atoms with Gasteiger partial charge >= 0.3 is 5.69 Å². The molecule has 0 radical (unpaired) electrons. The van der Waals surface area contributed by atoms with Crippen molar-refractivity contribution in [2.45, 2.75) is 13.5 Å². The van der Waals surface area contributed by atoms with Gasteiger partial charge in [-0.15, -0.1) is 0 Å². The van der Waals surface area contributed by atoms with Gasteiger partial charge in [0.1, 0.15) is 5.52 Å². The van der Waals surface area contributed by atoms with E-state index in [0.29, 0.717) is 11.0 Å². The fourth-order valence-corrected chi connectivity index (χ4v) is 3.52. The smallest absolute Gasteiger partial charge is 0.331 e. The lowest BCUT2D eigenvalue weighted by atomic mass is 10.1. The van der Waals surface area contributed by atoms with Crippen LogP contribution in [0.15, 0.2) is 58.1 Å².